The molecule has 0 radical (unpaired) electrons. The van der Waals surface area contributed by atoms with Crippen molar-refractivity contribution in [3.05, 3.63) is 47.7 Å². The number of methoxy groups -OCH3 is 1. The van der Waals surface area contributed by atoms with Gasteiger partial charge in [-0.1, -0.05) is 0 Å². The van der Waals surface area contributed by atoms with Crippen LogP contribution in [-0.2, 0) is 11.8 Å². The Morgan fingerprint density at radius 2 is 2.27 bits per heavy atom. The molecule has 26 heavy (non-hydrogen) atoms. The van der Waals surface area contributed by atoms with Crippen LogP contribution in [0.15, 0.2) is 30.6 Å². The molecular formula is C19H22N4O3. The van der Waals surface area contributed by atoms with Crippen molar-refractivity contribution in [2.75, 3.05) is 26.8 Å². The van der Waals surface area contributed by atoms with E-state index in [1.165, 1.54) is 0 Å². The van der Waals surface area contributed by atoms with Crippen LogP contribution in [0.25, 0.3) is 10.9 Å². The number of benzene rings is 1. The second-order valence-electron chi connectivity index (χ2n) is 6.58. The lowest BCUT2D eigenvalue weighted by Gasteiger charge is -2.32. The average Bonchev–Trinajstić information content (AvgIpc) is 3.23. The molecule has 3 aromatic rings. The Balaban J connectivity index is 1.61. The number of carbonyl (C=O) groups is 1. The van der Waals surface area contributed by atoms with Crippen LogP contribution in [0.5, 0.6) is 5.75 Å². The molecule has 0 spiro atoms. The number of fused-ring (bicyclic) bond motifs is 1. The first-order valence-electron chi connectivity index (χ1n) is 8.62. The van der Waals surface area contributed by atoms with Crippen molar-refractivity contribution in [1.82, 2.24) is 19.4 Å². The number of hydrogen-bond donors (Lipinski definition) is 1. The number of morpholine rings is 1. The lowest BCUT2D eigenvalue weighted by Crippen LogP contribution is -2.42. The van der Waals surface area contributed by atoms with Crippen LogP contribution in [0.4, 0.5) is 0 Å². The van der Waals surface area contributed by atoms with E-state index in [2.05, 4.69) is 9.97 Å². The van der Waals surface area contributed by atoms with E-state index < -0.39 is 0 Å². The maximum absolute atomic E-state index is 13.1. The molecule has 0 unspecified atom stereocenters. The van der Waals surface area contributed by atoms with Gasteiger partial charge in [0, 0.05) is 36.9 Å². The number of rotatable bonds is 3. The maximum atomic E-state index is 13.1. The normalized spacial score (nSPS) is 17.7. The molecule has 1 aliphatic rings. The Morgan fingerprint density at radius 3 is 3.00 bits per heavy atom. The maximum Gasteiger partial charge on any atom is 0.256 e. The number of nitrogens with one attached hydrogen (secondary N) is 1. The van der Waals surface area contributed by atoms with Crippen molar-refractivity contribution >= 4 is 16.8 Å². The van der Waals surface area contributed by atoms with Crippen molar-refractivity contribution in [3.63, 3.8) is 0 Å². The summed E-state index contributed by atoms with van der Waals surface area (Å²) in [6, 6.07) is 5.68. The SMILES string of the molecule is COc1ccc2[nH]cc(C(=O)N3CCO[C@H](c4nc(C)cn4C)C3)c2c1. The molecule has 0 bridgehead atoms. The first-order chi connectivity index (χ1) is 12.6. The summed E-state index contributed by atoms with van der Waals surface area (Å²) in [5, 5.41) is 0.866. The molecule has 1 fully saturated rings. The summed E-state index contributed by atoms with van der Waals surface area (Å²) in [7, 11) is 3.57. The fourth-order valence-corrected chi connectivity index (χ4v) is 3.50. The molecule has 136 valence electrons. The van der Waals surface area contributed by atoms with Crippen LogP contribution in [0.2, 0.25) is 0 Å². The Labute approximate surface area is 151 Å². The summed E-state index contributed by atoms with van der Waals surface area (Å²) in [4.78, 5) is 22.7. The van der Waals surface area contributed by atoms with Crippen LogP contribution >= 0.6 is 0 Å². The summed E-state index contributed by atoms with van der Waals surface area (Å²) < 4.78 is 13.1. The molecule has 3 heterocycles. The first kappa shape index (κ1) is 16.7. The van der Waals surface area contributed by atoms with Crippen molar-refractivity contribution in [3.8, 4) is 5.75 Å². The second kappa shape index (κ2) is 6.49. The van der Waals surface area contributed by atoms with E-state index in [0.29, 0.717) is 25.3 Å². The molecule has 4 rings (SSSR count). The third-order valence-electron chi connectivity index (χ3n) is 4.79. The molecule has 1 saturated heterocycles. The molecule has 1 amide bonds. The number of hydrogen-bond acceptors (Lipinski definition) is 4. The van der Waals surface area contributed by atoms with E-state index in [1.807, 2.05) is 47.8 Å². The topological polar surface area (TPSA) is 72.4 Å². The predicted molar refractivity (Wildman–Crippen MR) is 97.4 cm³/mol. The molecule has 1 aromatic carbocycles. The van der Waals surface area contributed by atoms with E-state index in [9.17, 15) is 4.79 Å². The minimum atomic E-state index is -0.217. The van der Waals surface area contributed by atoms with Crippen molar-refractivity contribution in [2.45, 2.75) is 13.0 Å². The van der Waals surface area contributed by atoms with Gasteiger partial charge in [-0.3, -0.25) is 4.79 Å². The Kier molecular flexibility index (Phi) is 4.16. The molecule has 0 saturated carbocycles. The van der Waals surface area contributed by atoms with Gasteiger partial charge in [-0.15, -0.1) is 0 Å². The largest absolute Gasteiger partial charge is 0.497 e. The zero-order chi connectivity index (χ0) is 18.3. The van der Waals surface area contributed by atoms with Crippen LogP contribution in [0.3, 0.4) is 0 Å². The summed E-state index contributed by atoms with van der Waals surface area (Å²) in [6.07, 6.45) is 3.51. The predicted octanol–water partition coefficient (Wildman–Crippen LogP) is 2.43. The summed E-state index contributed by atoms with van der Waals surface area (Å²) in [5.41, 5.74) is 2.51. The third kappa shape index (κ3) is 2.84. The highest BCUT2D eigenvalue weighted by molar-refractivity contribution is 6.07. The van der Waals surface area contributed by atoms with Gasteiger partial charge < -0.3 is 23.9 Å². The second-order valence-corrected chi connectivity index (χ2v) is 6.58. The van der Waals surface area contributed by atoms with Gasteiger partial charge in [0.15, 0.2) is 0 Å². The quantitative estimate of drug-likeness (QED) is 0.784. The van der Waals surface area contributed by atoms with Crippen LogP contribution in [-0.4, -0.2) is 52.1 Å². The van der Waals surface area contributed by atoms with Gasteiger partial charge in [-0.2, -0.15) is 0 Å². The van der Waals surface area contributed by atoms with E-state index in [0.717, 1.165) is 28.2 Å². The molecule has 1 aliphatic heterocycles. The monoisotopic (exact) mass is 354 g/mol. The van der Waals surface area contributed by atoms with Gasteiger partial charge in [-0.25, -0.2) is 4.98 Å². The summed E-state index contributed by atoms with van der Waals surface area (Å²) in [6.45, 7) is 3.50. The first-order valence-corrected chi connectivity index (χ1v) is 8.62. The van der Waals surface area contributed by atoms with Gasteiger partial charge in [0.1, 0.15) is 17.7 Å². The molecule has 2 aromatic heterocycles. The van der Waals surface area contributed by atoms with Gasteiger partial charge >= 0.3 is 0 Å². The van der Waals surface area contributed by atoms with Gasteiger partial charge in [0.2, 0.25) is 0 Å². The lowest BCUT2D eigenvalue weighted by atomic mass is 10.1. The minimum absolute atomic E-state index is 0.0104. The number of aromatic nitrogens is 3. The number of nitrogens with zero attached hydrogens (tertiary/aromatic N) is 3. The minimum Gasteiger partial charge on any atom is -0.497 e. The van der Waals surface area contributed by atoms with E-state index in [1.54, 1.807) is 13.3 Å². The zero-order valence-electron chi connectivity index (χ0n) is 15.2. The number of amides is 1. The Hall–Kier alpha value is -2.80. The third-order valence-corrected chi connectivity index (χ3v) is 4.79. The van der Waals surface area contributed by atoms with Gasteiger partial charge in [0.25, 0.3) is 5.91 Å². The van der Waals surface area contributed by atoms with Crippen LogP contribution in [0, 0.1) is 6.92 Å². The number of carbonyl (C=O) groups excluding carboxylic acids is 1. The molecule has 7 heteroatoms. The number of ether oxygens (including phenoxy) is 2. The number of imidazole rings is 1. The molecule has 1 atom stereocenters. The highest BCUT2D eigenvalue weighted by Gasteiger charge is 2.29. The number of H-pyrrole nitrogens is 1. The van der Waals surface area contributed by atoms with E-state index in [-0.39, 0.29) is 12.0 Å². The smallest absolute Gasteiger partial charge is 0.256 e. The highest BCUT2D eigenvalue weighted by Crippen LogP contribution is 2.27. The van der Waals surface area contributed by atoms with E-state index in [4.69, 9.17) is 9.47 Å². The van der Waals surface area contributed by atoms with E-state index >= 15 is 0 Å². The number of aromatic amines is 1. The highest BCUT2D eigenvalue weighted by atomic mass is 16.5. The molecule has 0 aliphatic carbocycles. The zero-order valence-corrected chi connectivity index (χ0v) is 15.2. The van der Waals surface area contributed by atoms with Crippen LogP contribution in [0.1, 0.15) is 28.0 Å². The summed E-state index contributed by atoms with van der Waals surface area (Å²) in [5.74, 6) is 1.57. The van der Waals surface area contributed by atoms with Gasteiger partial charge in [-0.05, 0) is 25.1 Å². The van der Waals surface area contributed by atoms with Crippen molar-refractivity contribution in [2.24, 2.45) is 7.05 Å². The summed E-state index contributed by atoms with van der Waals surface area (Å²) >= 11 is 0. The van der Waals surface area contributed by atoms with Gasteiger partial charge in [0.05, 0.1) is 31.5 Å². The molecule has 7 nitrogen and oxygen atoms in total. The fraction of sp³-hybridized carbons (Fsp3) is 0.368. The molecule has 1 N–H and O–H groups in total. The van der Waals surface area contributed by atoms with Crippen LogP contribution < -0.4 is 4.74 Å². The standard InChI is InChI=1S/C19H22N4O3/c1-12-10-22(2)18(21-12)17-11-23(6-7-26-17)19(24)15-9-20-16-5-4-13(25-3)8-14(15)16/h4-5,8-10,17,20H,6-7,11H2,1-3H3/t17-/m0/s1. The Morgan fingerprint density at radius 1 is 1.42 bits per heavy atom. The van der Waals surface area contributed by atoms with Crippen molar-refractivity contribution in [1.29, 1.82) is 0 Å². The molecular weight excluding hydrogens is 332 g/mol. The van der Waals surface area contributed by atoms with Crippen molar-refractivity contribution < 1.29 is 14.3 Å². The number of aryl methyl sites for hydroxylation is 2. The average molecular weight is 354 g/mol. The lowest BCUT2D eigenvalue weighted by molar-refractivity contribution is -0.0278. The fourth-order valence-electron chi connectivity index (χ4n) is 3.50. The Bertz CT molecular complexity index is 959.